The fourth-order valence-corrected chi connectivity index (χ4v) is 2.37. The van der Waals surface area contributed by atoms with E-state index in [1.54, 1.807) is 0 Å². The van der Waals surface area contributed by atoms with E-state index in [-0.39, 0.29) is 6.04 Å². The number of nitriles is 1. The molecule has 1 N–H and O–H groups in total. The maximum atomic E-state index is 9.06. The van der Waals surface area contributed by atoms with Crippen LogP contribution in [-0.2, 0) is 0 Å². The number of hydrogen-bond donors (Lipinski definition) is 1. The maximum absolute atomic E-state index is 9.06. The molecule has 3 nitrogen and oxygen atoms in total. The second-order valence-electron chi connectivity index (χ2n) is 4.70. The van der Waals surface area contributed by atoms with Gasteiger partial charge in [0.05, 0.1) is 6.07 Å². The molecule has 0 aromatic carbocycles. The highest BCUT2D eigenvalue weighted by molar-refractivity contribution is 4.95. The summed E-state index contributed by atoms with van der Waals surface area (Å²) in [6.45, 7) is 8.46. The molecule has 1 aliphatic heterocycles. The number of nitrogens with one attached hydrogen (secondary N) is 1. The van der Waals surface area contributed by atoms with E-state index in [0.717, 1.165) is 13.1 Å². The van der Waals surface area contributed by atoms with E-state index in [9.17, 15) is 0 Å². The first-order chi connectivity index (χ1) is 7.17. The highest BCUT2D eigenvalue weighted by Crippen LogP contribution is 2.19. The molecule has 1 fully saturated rings. The van der Waals surface area contributed by atoms with Crippen LogP contribution in [0.15, 0.2) is 0 Å². The van der Waals surface area contributed by atoms with Gasteiger partial charge in [-0.15, -0.1) is 0 Å². The number of likely N-dealkylation sites (tertiary alicyclic amines) is 1. The Bertz CT molecular complexity index is 219. The van der Waals surface area contributed by atoms with Gasteiger partial charge in [0.2, 0.25) is 0 Å². The zero-order chi connectivity index (χ0) is 11.3. The Morgan fingerprint density at radius 2 is 2.27 bits per heavy atom. The molecule has 0 bridgehead atoms. The molecule has 15 heavy (non-hydrogen) atoms. The van der Waals surface area contributed by atoms with Crippen molar-refractivity contribution in [3.63, 3.8) is 0 Å². The lowest BCUT2D eigenvalue weighted by Crippen LogP contribution is -2.44. The van der Waals surface area contributed by atoms with Crippen molar-refractivity contribution < 1.29 is 0 Å². The van der Waals surface area contributed by atoms with Gasteiger partial charge in [0, 0.05) is 18.6 Å². The summed E-state index contributed by atoms with van der Waals surface area (Å²) in [7, 11) is 0. The zero-order valence-electron chi connectivity index (χ0n) is 10.2. The Labute approximate surface area is 93.5 Å². The number of nitrogens with zero attached hydrogens (tertiary/aromatic N) is 2. The van der Waals surface area contributed by atoms with Crippen molar-refractivity contribution in [1.82, 2.24) is 10.2 Å². The molecule has 1 saturated heterocycles. The first-order valence-corrected chi connectivity index (χ1v) is 6.07. The van der Waals surface area contributed by atoms with Crippen LogP contribution in [0, 0.1) is 11.3 Å². The van der Waals surface area contributed by atoms with Crippen LogP contribution in [-0.4, -0.2) is 36.1 Å². The summed E-state index contributed by atoms with van der Waals surface area (Å²) < 4.78 is 0. The van der Waals surface area contributed by atoms with Crippen LogP contribution in [0.2, 0.25) is 0 Å². The quantitative estimate of drug-likeness (QED) is 0.750. The molecule has 86 valence electrons. The molecule has 1 aliphatic rings. The van der Waals surface area contributed by atoms with Crippen LogP contribution < -0.4 is 5.32 Å². The molecule has 0 amide bonds. The largest absolute Gasteiger partial charge is 0.299 e. The van der Waals surface area contributed by atoms with E-state index in [2.05, 4.69) is 37.1 Å². The SMILES string of the molecule is CCC1CCCN1CC(C#N)NC(C)C. The molecule has 2 unspecified atom stereocenters. The summed E-state index contributed by atoms with van der Waals surface area (Å²) in [6, 6.07) is 3.43. The lowest BCUT2D eigenvalue weighted by Gasteiger charge is -2.26. The first kappa shape index (κ1) is 12.5. The lowest BCUT2D eigenvalue weighted by atomic mass is 10.1. The van der Waals surface area contributed by atoms with Gasteiger partial charge in [-0.3, -0.25) is 10.2 Å². The van der Waals surface area contributed by atoms with Gasteiger partial charge >= 0.3 is 0 Å². The van der Waals surface area contributed by atoms with Gasteiger partial charge in [0.15, 0.2) is 0 Å². The predicted molar refractivity (Wildman–Crippen MR) is 62.6 cm³/mol. The molecule has 1 rings (SSSR count). The Morgan fingerprint density at radius 3 is 2.80 bits per heavy atom. The molecule has 1 heterocycles. The minimum atomic E-state index is -0.0165. The molecule has 0 spiro atoms. The van der Waals surface area contributed by atoms with Gasteiger partial charge in [-0.1, -0.05) is 6.92 Å². The van der Waals surface area contributed by atoms with E-state index in [0.29, 0.717) is 12.1 Å². The van der Waals surface area contributed by atoms with Crippen LogP contribution in [0.4, 0.5) is 0 Å². The van der Waals surface area contributed by atoms with E-state index >= 15 is 0 Å². The third kappa shape index (κ3) is 3.81. The van der Waals surface area contributed by atoms with Gasteiger partial charge in [-0.2, -0.15) is 5.26 Å². The maximum Gasteiger partial charge on any atom is 0.108 e. The van der Waals surface area contributed by atoms with Gasteiger partial charge in [-0.05, 0) is 39.7 Å². The standard InChI is InChI=1S/C12H23N3/c1-4-12-6-5-7-15(12)9-11(8-13)14-10(2)3/h10-12,14H,4-7,9H2,1-3H3. The third-order valence-corrected chi connectivity index (χ3v) is 3.08. The highest BCUT2D eigenvalue weighted by Gasteiger charge is 2.25. The van der Waals surface area contributed by atoms with Crippen molar-refractivity contribution in [2.24, 2.45) is 0 Å². The van der Waals surface area contributed by atoms with Crippen LogP contribution in [0.1, 0.15) is 40.0 Å². The molecule has 0 saturated carbocycles. The van der Waals surface area contributed by atoms with Crippen molar-refractivity contribution in [2.75, 3.05) is 13.1 Å². The van der Waals surface area contributed by atoms with Gasteiger partial charge < -0.3 is 0 Å². The van der Waals surface area contributed by atoms with Gasteiger partial charge in [0.1, 0.15) is 6.04 Å². The molecule has 0 aromatic heterocycles. The Kier molecular flexibility index (Phi) is 5.07. The minimum Gasteiger partial charge on any atom is -0.299 e. The topological polar surface area (TPSA) is 39.1 Å². The molecule has 0 radical (unpaired) electrons. The normalized spacial score (nSPS) is 24.3. The lowest BCUT2D eigenvalue weighted by molar-refractivity contribution is 0.231. The van der Waals surface area contributed by atoms with Crippen molar-refractivity contribution >= 4 is 0 Å². The van der Waals surface area contributed by atoms with E-state index in [1.807, 2.05) is 0 Å². The number of hydrogen-bond acceptors (Lipinski definition) is 3. The summed E-state index contributed by atoms with van der Waals surface area (Å²) in [6.07, 6.45) is 3.80. The van der Waals surface area contributed by atoms with Gasteiger partial charge in [-0.25, -0.2) is 0 Å². The Hall–Kier alpha value is -0.590. The van der Waals surface area contributed by atoms with Crippen LogP contribution in [0.25, 0.3) is 0 Å². The monoisotopic (exact) mass is 209 g/mol. The summed E-state index contributed by atoms with van der Waals surface area (Å²) >= 11 is 0. The fourth-order valence-electron chi connectivity index (χ4n) is 2.37. The second-order valence-corrected chi connectivity index (χ2v) is 4.70. The summed E-state index contributed by atoms with van der Waals surface area (Å²) in [4.78, 5) is 2.46. The molecule has 3 heteroatoms. The van der Waals surface area contributed by atoms with Gasteiger partial charge in [0.25, 0.3) is 0 Å². The average Bonchev–Trinajstić information content (AvgIpc) is 2.63. The summed E-state index contributed by atoms with van der Waals surface area (Å²) in [5, 5.41) is 12.4. The Balaban J connectivity index is 2.41. The average molecular weight is 209 g/mol. The fraction of sp³-hybridized carbons (Fsp3) is 0.917. The number of rotatable bonds is 5. The molecular formula is C12H23N3. The van der Waals surface area contributed by atoms with Crippen LogP contribution in [0.5, 0.6) is 0 Å². The Morgan fingerprint density at radius 1 is 1.53 bits per heavy atom. The molecule has 2 atom stereocenters. The zero-order valence-corrected chi connectivity index (χ0v) is 10.2. The summed E-state index contributed by atoms with van der Waals surface area (Å²) in [5.74, 6) is 0. The molecule has 0 aliphatic carbocycles. The summed E-state index contributed by atoms with van der Waals surface area (Å²) in [5.41, 5.74) is 0. The first-order valence-electron chi connectivity index (χ1n) is 6.07. The van der Waals surface area contributed by atoms with E-state index < -0.39 is 0 Å². The smallest absolute Gasteiger partial charge is 0.108 e. The van der Waals surface area contributed by atoms with Crippen molar-refractivity contribution in [3.8, 4) is 6.07 Å². The van der Waals surface area contributed by atoms with Crippen LogP contribution in [0.3, 0.4) is 0 Å². The predicted octanol–water partition coefficient (Wildman–Crippen LogP) is 1.75. The van der Waals surface area contributed by atoms with E-state index in [1.165, 1.54) is 19.3 Å². The van der Waals surface area contributed by atoms with Crippen molar-refractivity contribution in [3.05, 3.63) is 0 Å². The minimum absolute atomic E-state index is 0.0165. The van der Waals surface area contributed by atoms with Crippen molar-refractivity contribution in [1.29, 1.82) is 5.26 Å². The third-order valence-electron chi connectivity index (χ3n) is 3.08. The van der Waals surface area contributed by atoms with Crippen LogP contribution >= 0.6 is 0 Å². The second kappa shape index (κ2) is 6.09. The molecule has 0 aromatic rings. The van der Waals surface area contributed by atoms with E-state index in [4.69, 9.17) is 5.26 Å². The molecular weight excluding hydrogens is 186 g/mol. The highest BCUT2D eigenvalue weighted by atomic mass is 15.2. The van der Waals surface area contributed by atoms with Crippen molar-refractivity contribution in [2.45, 2.75) is 58.2 Å².